The number of hydrogen-bond donors (Lipinski definition) is 2. The van der Waals surface area contributed by atoms with Gasteiger partial charge in [0.05, 0.1) is 24.6 Å². The Labute approximate surface area is 152 Å². The van der Waals surface area contributed by atoms with Gasteiger partial charge >= 0.3 is 0 Å². The lowest BCUT2D eigenvalue weighted by molar-refractivity contribution is 0.102. The first-order valence-electron chi connectivity index (χ1n) is 7.80. The summed E-state index contributed by atoms with van der Waals surface area (Å²) in [5, 5.41) is 5.44. The lowest BCUT2D eigenvalue weighted by Crippen LogP contribution is -2.15. The summed E-state index contributed by atoms with van der Waals surface area (Å²) in [6.07, 6.45) is 1.35. The van der Waals surface area contributed by atoms with Gasteiger partial charge in [0.15, 0.2) is 17.5 Å². The molecule has 0 spiro atoms. The van der Waals surface area contributed by atoms with Crippen molar-refractivity contribution >= 4 is 23.1 Å². The van der Waals surface area contributed by atoms with E-state index in [9.17, 15) is 18.0 Å². The number of nitrogens with one attached hydrogen (secondary N) is 2. The van der Waals surface area contributed by atoms with Crippen LogP contribution >= 0.6 is 0 Å². The average molecular weight is 373 g/mol. The number of hydrogen-bond acceptors (Lipinski definition) is 4. The van der Waals surface area contributed by atoms with E-state index in [1.54, 1.807) is 25.3 Å². The van der Waals surface area contributed by atoms with Crippen molar-refractivity contribution in [2.75, 3.05) is 17.7 Å². The van der Waals surface area contributed by atoms with Crippen molar-refractivity contribution in [3.8, 4) is 5.75 Å². The molecule has 138 valence electrons. The van der Waals surface area contributed by atoms with Gasteiger partial charge in [0.1, 0.15) is 11.6 Å². The molecule has 2 N–H and O–H groups in total. The van der Waals surface area contributed by atoms with Crippen LogP contribution in [0.25, 0.3) is 0 Å². The normalized spacial score (nSPS) is 10.4. The number of rotatable bonds is 5. The summed E-state index contributed by atoms with van der Waals surface area (Å²) < 4.78 is 44.9. The minimum Gasteiger partial charge on any atom is -0.497 e. The van der Waals surface area contributed by atoms with Crippen molar-refractivity contribution in [2.45, 2.75) is 0 Å². The Morgan fingerprint density at radius 2 is 1.63 bits per heavy atom. The number of ether oxygens (including phenoxy) is 1. The Hall–Kier alpha value is -3.55. The number of aromatic nitrogens is 1. The zero-order valence-electron chi connectivity index (χ0n) is 14.1. The van der Waals surface area contributed by atoms with Gasteiger partial charge in [-0.1, -0.05) is 0 Å². The molecule has 0 radical (unpaired) electrons. The molecule has 1 aromatic heterocycles. The number of carbonyl (C=O) groups excluding carboxylic acids is 1. The van der Waals surface area contributed by atoms with Gasteiger partial charge in [-0.05, 0) is 48.5 Å². The van der Waals surface area contributed by atoms with Crippen molar-refractivity contribution in [1.29, 1.82) is 0 Å². The largest absolute Gasteiger partial charge is 0.497 e. The number of halogens is 3. The molecule has 0 saturated carbocycles. The minimum absolute atomic E-state index is 0.268. The van der Waals surface area contributed by atoms with Crippen LogP contribution in [0.1, 0.15) is 10.4 Å². The van der Waals surface area contributed by atoms with Gasteiger partial charge < -0.3 is 15.4 Å². The van der Waals surface area contributed by atoms with Crippen LogP contribution in [0.15, 0.2) is 54.7 Å². The lowest BCUT2D eigenvalue weighted by Gasteiger charge is -2.09. The Bertz CT molecular complexity index is 961. The van der Waals surface area contributed by atoms with Crippen LogP contribution in [0.4, 0.5) is 30.4 Å². The number of nitrogens with zero attached hydrogens (tertiary/aromatic N) is 1. The van der Waals surface area contributed by atoms with Crippen LogP contribution in [-0.4, -0.2) is 18.0 Å². The number of amides is 1. The highest BCUT2D eigenvalue weighted by atomic mass is 19.2. The fourth-order valence-corrected chi connectivity index (χ4v) is 2.26. The summed E-state index contributed by atoms with van der Waals surface area (Å²) in [4.78, 5) is 16.2. The van der Waals surface area contributed by atoms with Crippen molar-refractivity contribution in [3.63, 3.8) is 0 Å². The zero-order chi connectivity index (χ0) is 19.4. The molecule has 0 fully saturated rings. The second-order valence-electron chi connectivity index (χ2n) is 5.46. The SMILES string of the molecule is COc1ccc(Nc2ccc(NC(=O)c3ccc(F)c(F)c3F)cn2)cc1. The molecule has 3 aromatic rings. The Kier molecular flexibility index (Phi) is 5.25. The number of pyridine rings is 1. The molecule has 8 heteroatoms. The standard InChI is InChI=1S/C19H14F3N3O2/c1-27-13-5-2-11(3-6-13)24-16-9-4-12(10-23-16)25-19(26)14-7-8-15(20)18(22)17(14)21/h2-10H,1H3,(H,23,24)(H,25,26). The van der Waals surface area contributed by atoms with E-state index in [2.05, 4.69) is 15.6 Å². The lowest BCUT2D eigenvalue weighted by atomic mass is 10.2. The van der Waals surface area contributed by atoms with Crippen molar-refractivity contribution in [1.82, 2.24) is 4.98 Å². The Morgan fingerprint density at radius 1 is 0.926 bits per heavy atom. The molecule has 0 saturated heterocycles. The van der Waals surface area contributed by atoms with E-state index >= 15 is 0 Å². The van der Waals surface area contributed by atoms with Crippen LogP contribution in [0, 0.1) is 17.5 Å². The third-order valence-electron chi connectivity index (χ3n) is 3.66. The topological polar surface area (TPSA) is 63.2 Å². The van der Waals surface area contributed by atoms with Crippen LogP contribution in [-0.2, 0) is 0 Å². The highest BCUT2D eigenvalue weighted by Crippen LogP contribution is 2.20. The summed E-state index contributed by atoms with van der Waals surface area (Å²) in [5.74, 6) is -4.28. The fourth-order valence-electron chi connectivity index (χ4n) is 2.26. The molecule has 2 aromatic carbocycles. The maximum absolute atomic E-state index is 13.7. The molecule has 1 heterocycles. The molecule has 27 heavy (non-hydrogen) atoms. The first-order valence-corrected chi connectivity index (χ1v) is 7.80. The molecule has 1 amide bonds. The van der Waals surface area contributed by atoms with Gasteiger partial charge in [0.2, 0.25) is 0 Å². The maximum atomic E-state index is 13.7. The van der Waals surface area contributed by atoms with Crippen molar-refractivity contribution in [3.05, 3.63) is 77.7 Å². The third kappa shape index (κ3) is 4.17. The smallest absolute Gasteiger partial charge is 0.258 e. The van der Waals surface area contributed by atoms with E-state index in [-0.39, 0.29) is 5.69 Å². The second-order valence-corrected chi connectivity index (χ2v) is 5.46. The van der Waals surface area contributed by atoms with Crippen LogP contribution < -0.4 is 15.4 Å². The molecule has 0 aliphatic carbocycles. The van der Waals surface area contributed by atoms with E-state index in [0.29, 0.717) is 11.9 Å². The third-order valence-corrected chi connectivity index (χ3v) is 3.66. The fraction of sp³-hybridized carbons (Fsp3) is 0.0526. The van der Waals surface area contributed by atoms with E-state index in [1.165, 1.54) is 12.3 Å². The van der Waals surface area contributed by atoms with Crippen LogP contribution in [0.2, 0.25) is 0 Å². The molecule has 0 aliphatic rings. The van der Waals surface area contributed by atoms with Crippen LogP contribution in [0.5, 0.6) is 5.75 Å². The molecule has 3 rings (SSSR count). The molecule has 0 bridgehead atoms. The summed E-state index contributed by atoms with van der Waals surface area (Å²) in [7, 11) is 1.57. The van der Waals surface area contributed by atoms with Crippen LogP contribution in [0.3, 0.4) is 0 Å². The molecular formula is C19H14F3N3O2. The monoisotopic (exact) mass is 373 g/mol. The Morgan fingerprint density at radius 3 is 2.26 bits per heavy atom. The van der Waals surface area contributed by atoms with E-state index in [0.717, 1.165) is 17.5 Å². The van der Waals surface area contributed by atoms with Gasteiger partial charge in [-0.3, -0.25) is 4.79 Å². The molecule has 0 unspecified atom stereocenters. The number of methoxy groups -OCH3 is 1. The van der Waals surface area contributed by atoms with Gasteiger partial charge in [0.25, 0.3) is 5.91 Å². The van der Waals surface area contributed by atoms with Crippen molar-refractivity contribution in [2.24, 2.45) is 0 Å². The number of benzene rings is 2. The van der Waals surface area contributed by atoms with Crippen molar-refractivity contribution < 1.29 is 22.7 Å². The molecular weight excluding hydrogens is 359 g/mol. The Balaban J connectivity index is 1.68. The van der Waals surface area contributed by atoms with Gasteiger partial charge in [-0.2, -0.15) is 0 Å². The second kappa shape index (κ2) is 7.77. The number of anilines is 3. The highest BCUT2D eigenvalue weighted by molar-refractivity contribution is 6.04. The minimum atomic E-state index is -1.69. The van der Waals surface area contributed by atoms with Gasteiger partial charge in [-0.25, -0.2) is 18.2 Å². The predicted molar refractivity (Wildman–Crippen MR) is 94.8 cm³/mol. The molecule has 0 atom stereocenters. The zero-order valence-corrected chi connectivity index (χ0v) is 14.1. The average Bonchev–Trinajstić information content (AvgIpc) is 2.68. The first-order chi connectivity index (χ1) is 13.0. The van der Waals surface area contributed by atoms with E-state index < -0.39 is 28.9 Å². The molecule has 5 nitrogen and oxygen atoms in total. The number of carbonyl (C=O) groups is 1. The summed E-state index contributed by atoms with van der Waals surface area (Å²) in [6.45, 7) is 0. The summed E-state index contributed by atoms with van der Waals surface area (Å²) >= 11 is 0. The van der Waals surface area contributed by atoms with E-state index in [1.807, 2.05) is 12.1 Å². The molecule has 0 aliphatic heterocycles. The van der Waals surface area contributed by atoms with Gasteiger partial charge in [-0.15, -0.1) is 0 Å². The predicted octanol–water partition coefficient (Wildman–Crippen LogP) is 4.50. The van der Waals surface area contributed by atoms with Gasteiger partial charge in [0, 0.05) is 5.69 Å². The van der Waals surface area contributed by atoms with E-state index in [4.69, 9.17) is 4.74 Å². The summed E-state index contributed by atoms with van der Waals surface area (Å²) in [5.41, 5.74) is 0.447. The summed E-state index contributed by atoms with van der Waals surface area (Å²) in [6, 6.07) is 11.9. The quantitative estimate of drug-likeness (QED) is 0.647. The highest BCUT2D eigenvalue weighted by Gasteiger charge is 2.18. The first kappa shape index (κ1) is 18.2. The maximum Gasteiger partial charge on any atom is 0.258 e.